The summed E-state index contributed by atoms with van der Waals surface area (Å²) in [6, 6.07) is 6.56. The summed E-state index contributed by atoms with van der Waals surface area (Å²) in [7, 11) is 0. The van der Waals surface area contributed by atoms with Gasteiger partial charge in [0, 0.05) is 24.2 Å². The molecule has 0 atom stereocenters. The molecule has 0 radical (unpaired) electrons. The Kier molecular flexibility index (Phi) is 4.76. The highest BCUT2D eigenvalue weighted by Crippen LogP contribution is 2.32. The second kappa shape index (κ2) is 7.02. The topological polar surface area (TPSA) is 80.9 Å². The third-order valence-corrected chi connectivity index (χ3v) is 3.65. The number of carbonyl (C=O) groups is 1. The molecule has 0 spiro atoms. The lowest BCUT2D eigenvalue weighted by molar-refractivity contribution is -0.137. The first-order valence-electron chi connectivity index (χ1n) is 7.70. The first-order valence-corrected chi connectivity index (χ1v) is 7.70. The number of aromatic nitrogens is 4. The number of aryl methyl sites for hydroxylation is 1. The van der Waals surface area contributed by atoms with Gasteiger partial charge in [0.2, 0.25) is 0 Å². The molecule has 0 aliphatic carbocycles. The SMILES string of the molecule is Cc1cc(-c2ncn(/C=C(/C(=O)O)c3ccncc3)n2)cc(C(F)(F)F)c1. The molecule has 0 saturated heterocycles. The molecule has 0 aliphatic heterocycles. The minimum atomic E-state index is -4.49. The van der Waals surface area contributed by atoms with Crippen molar-refractivity contribution in [2.75, 3.05) is 0 Å². The fourth-order valence-electron chi connectivity index (χ4n) is 2.46. The van der Waals surface area contributed by atoms with Gasteiger partial charge in [-0.3, -0.25) is 4.98 Å². The van der Waals surface area contributed by atoms with Crippen molar-refractivity contribution >= 4 is 17.7 Å². The molecule has 0 saturated carbocycles. The van der Waals surface area contributed by atoms with Gasteiger partial charge in [-0.25, -0.2) is 14.5 Å². The predicted molar refractivity (Wildman–Crippen MR) is 91.2 cm³/mol. The van der Waals surface area contributed by atoms with E-state index in [1.807, 2.05) is 0 Å². The van der Waals surface area contributed by atoms with Crippen LogP contribution < -0.4 is 0 Å². The molecule has 0 amide bonds. The average molecular weight is 374 g/mol. The summed E-state index contributed by atoms with van der Waals surface area (Å²) in [4.78, 5) is 19.3. The van der Waals surface area contributed by atoms with E-state index in [4.69, 9.17) is 0 Å². The zero-order valence-corrected chi connectivity index (χ0v) is 14.0. The zero-order chi connectivity index (χ0) is 19.6. The number of aliphatic carboxylic acids is 1. The van der Waals surface area contributed by atoms with Gasteiger partial charge in [-0.2, -0.15) is 13.2 Å². The third-order valence-electron chi connectivity index (χ3n) is 3.65. The van der Waals surface area contributed by atoms with Gasteiger partial charge in [-0.15, -0.1) is 5.10 Å². The Balaban J connectivity index is 2.00. The number of rotatable bonds is 4. The van der Waals surface area contributed by atoms with Crippen LogP contribution in [0.4, 0.5) is 13.2 Å². The number of pyridine rings is 1. The number of hydrogen-bond acceptors (Lipinski definition) is 4. The maximum absolute atomic E-state index is 13.0. The second-order valence-electron chi connectivity index (χ2n) is 5.72. The Morgan fingerprint density at radius 3 is 2.52 bits per heavy atom. The summed E-state index contributed by atoms with van der Waals surface area (Å²) in [5, 5.41) is 13.5. The van der Waals surface area contributed by atoms with E-state index in [9.17, 15) is 23.1 Å². The van der Waals surface area contributed by atoms with E-state index in [0.717, 1.165) is 16.8 Å². The first kappa shape index (κ1) is 18.3. The Bertz CT molecular complexity index is 1010. The van der Waals surface area contributed by atoms with Crippen LogP contribution in [0.3, 0.4) is 0 Å². The van der Waals surface area contributed by atoms with Crippen LogP contribution in [-0.4, -0.2) is 30.8 Å². The standard InChI is InChI=1S/C18H13F3N4O2/c1-11-6-13(8-14(7-11)18(19,20)21)16-23-10-25(24-16)9-15(17(26)27)12-2-4-22-5-3-12/h2-10H,1H3,(H,26,27)/b15-9+. The third kappa shape index (κ3) is 4.20. The molecular weight excluding hydrogens is 361 g/mol. The largest absolute Gasteiger partial charge is 0.478 e. The maximum atomic E-state index is 13.0. The molecule has 9 heteroatoms. The van der Waals surface area contributed by atoms with Crippen molar-refractivity contribution in [3.05, 3.63) is 65.7 Å². The first-order chi connectivity index (χ1) is 12.7. The number of halogens is 3. The van der Waals surface area contributed by atoms with Gasteiger partial charge in [-0.1, -0.05) is 0 Å². The number of nitrogens with zero attached hydrogens (tertiary/aromatic N) is 4. The van der Waals surface area contributed by atoms with Crippen molar-refractivity contribution in [3.63, 3.8) is 0 Å². The molecule has 3 aromatic rings. The van der Waals surface area contributed by atoms with Crippen LogP contribution in [0.25, 0.3) is 23.2 Å². The summed E-state index contributed by atoms with van der Waals surface area (Å²) in [6.45, 7) is 1.54. The van der Waals surface area contributed by atoms with Gasteiger partial charge in [0.25, 0.3) is 0 Å². The highest BCUT2D eigenvalue weighted by Gasteiger charge is 2.31. The predicted octanol–water partition coefficient (Wildman–Crippen LogP) is 3.75. The number of carboxylic acids is 1. The number of hydrogen-bond donors (Lipinski definition) is 1. The molecule has 2 aromatic heterocycles. The summed E-state index contributed by atoms with van der Waals surface area (Å²) < 4.78 is 40.1. The van der Waals surface area contributed by atoms with E-state index in [1.54, 1.807) is 6.92 Å². The molecule has 2 heterocycles. The molecule has 0 bridgehead atoms. The van der Waals surface area contributed by atoms with Crippen LogP contribution >= 0.6 is 0 Å². The summed E-state index contributed by atoms with van der Waals surface area (Å²) in [5.41, 5.74) is 0.149. The molecule has 6 nitrogen and oxygen atoms in total. The van der Waals surface area contributed by atoms with E-state index in [1.165, 1.54) is 43.1 Å². The molecule has 1 N–H and O–H groups in total. The Morgan fingerprint density at radius 2 is 1.89 bits per heavy atom. The zero-order valence-electron chi connectivity index (χ0n) is 14.0. The van der Waals surface area contributed by atoms with Gasteiger partial charge >= 0.3 is 12.1 Å². The van der Waals surface area contributed by atoms with Crippen LogP contribution in [0.15, 0.2) is 49.1 Å². The summed E-state index contributed by atoms with van der Waals surface area (Å²) in [6.07, 6.45) is 0.874. The van der Waals surface area contributed by atoms with E-state index in [0.29, 0.717) is 11.1 Å². The fourth-order valence-corrected chi connectivity index (χ4v) is 2.46. The Labute approximate surface area is 151 Å². The monoisotopic (exact) mass is 374 g/mol. The number of benzene rings is 1. The van der Waals surface area contributed by atoms with Crippen molar-refractivity contribution < 1.29 is 23.1 Å². The molecule has 27 heavy (non-hydrogen) atoms. The van der Waals surface area contributed by atoms with Gasteiger partial charge in [0.15, 0.2) is 5.82 Å². The van der Waals surface area contributed by atoms with Gasteiger partial charge in [0.1, 0.15) is 6.33 Å². The van der Waals surface area contributed by atoms with E-state index < -0.39 is 17.7 Å². The van der Waals surface area contributed by atoms with Crippen molar-refractivity contribution in [1.29, 1.82) is 0 Å². The molecule has 0 unspecified atom stereocenters. The van der Waals surface area contributed by atoms with Gasteiger partial charge < -0.3 is 5.11 Å². The summed E-state index contributed by atoms with van der Waals surface area (Å²) >= 11 is 0. The highest BCUT2D eigenvalue weighted by atomic mass is 19.4. The second-order valence-corrected chi connectivity index (χ2v) is 5.72. The molecule has 0 fully saturated rings. The van der Waals surface area contributed by atoms with E-state index in [2.05, 4.69) is 15.1 Å². The quantitative estimate of drug-likeness (QED) is 0.704. The highest BCUT2D eigenvalue weighted by molar-refractivity contribution is 6.19. The maximum Gasteiger partial charge on any atom is 0.416 e. The normalized spacial score (nSPS) is 12.2. The molecule has 0 aliphatic rings. The Hall–Kier alpha value is -3.49. The van der Waals surface area contributed by atoms with Crippen LogP contribution in [-0.2, 0) is 11.0 Å². The van der Waals surface area contributed by atoms with Crippen molar-refractivity contribution in [2.45, 2.75) is 13.1 Å². The van der Waals surface area contributed by atoms with E-state index in [-0.39, 0.29) is 17.0 Å². The lowest BCUT2D eigenvalue weighted by atomic mass is 10.1. The van der Waals surface area contributed by atoms with Crippen molar-refractivity contribution in [2.24, 2.45) is 0 Å². The molecule has 138 valence electrons. The average Bonchev–Trinajstić information content (AvgIpc) is 3.08. The lowest BCUT2D eigenvalue weighted by Gasteiger charge is -2.09. The molecule has 1 aromatic carbocycles. The van der Waals surface area contributed by atoms with Crippen LogP contribution in [0.2, 0.25) is 0 Å². The Morgan fingerprint density at radius 1 is 1.19 bits per heavy atom. The number of carboxylic acid groups (broad SMARTS) is 1. The fraction of sp³-hybridized carbons (Fsp3) is 0.111. The van der Waals surface area contributed by atoms with Crippen LogP contribution in [0, 0.1) is 6.92 Å². The van der Waals surface area contributed by atoms with Crippen LogP contribution in [0.5, 0.6) is 0 Å². The smallest absolute Gasteiger partial charge is 0.416 e. The lowest BCUT2D eigenvalue weighted by Crippen LogP contribution is -2.05. The minimum absolute atomic E-state index is 0.0555. The van der Waals surface area contributed by atoms with Gasteiger partial charge in [0.05, 0.1) is 11.1 Å². The molecular formula is C18H13F3N4O2. The van der Waals surface area contributed by atoms with Crippen molar-refractivity contribution in [3.8, 4) is 11.4 Å². The minimum Gasteiger partial charge on any atom is -0.478 e. The van der Waals surface area contributed by atoms with Crippen molar-refractivity contribution in [1.82, 2.24) is 19.7 Å². The van der Waals surface area contributed by atoms with Gasteiger partial charge in [-0.05, 0) is 48.4 Å². The molecule has 3 rings (SSSR count). The number of alkyl halides is 3. The summed E-state index contributed by atoms with van der Waals surface area (Å²) in [5.74, 6) is -1.13. The van der Waals surface area contributed by atoms with E-state index >= 15 is 0 Å². The van der Waals surface area contributed by atoms with Crippen LogP contribution in [0.1, 0.15) is 16.7 Å².